The zero-order valence-electron chi connectivity index (χ0n) is 12.3. The molecule has 0 radical (unpaired) electrons. The van der Waals surface area contributed by atoms with Gasteiger partial charge in [-0.2, -0.15) is 0 Å². The van der Waals surface area contributed by atoms with Crippen LogP contribution < -0.4 is 14.4 Å². The van der Waals surface area contributed by atoms with E-state index in [2.05, 4.69) is 0 Å². The highest BCUT2D eigenvalue weighted by molar-refractivity contribution is 5.54. The van der Waals surface area contributed by atoms with Gasteiger partial charge in [-0.15, -0.1) is 0 Å². The first-order chi connectivity index (χ1) is 10.0. The first kappa shape index (κ1) is 15.0. The Morgan fingerprint density at radius 1 is 1.10 bits per heavy atom. The smallest absolute Gasteiger partial charge is 0.200 e. The number of benzene rings is 2. The van der Waals surface area contributed by atoms with Crippen molar-refractivity contribution in [2.75, 3.05) is 26.2 Å². The number of anilines is 1. The van der Waals surface area contributed by atoms with Crippen LogP contribution in [0.15, 0.2) is 36.4 Å². The highest BCUT2D eigenvalue weighted by Gasteiger charge is 2.12. The second-order valence-electron chi connectivity index (χ2n) is 4.68. The topological polar surface area (TPSA) is 41.9 Å². The van der Waals surface area contributed by atoms with Gasteiger partial charge in [0.05, 0.1) is 14.2 Å². The molecule has 0 heterocycles. The van der Waals surface area contributed by atoms with E-state index in [1.54, 1.807) is 18.2 Å². The van der Waals surface area contributed by atoms with Crippen molar-refractivity contribution in [1.82, 2.24) is 0 Å². The lowest BCUT2D eigenvalue weighted by atomic mass is 10.1. The van der Waals surface area contributed by atoms with Crippen molar-refractivity contribution in [1.29, 1.82) is 0 Å². The predicted octanol–water partition coefficient (Wildman–Crippen LogP) is 3.18. The number of methoxy groups -OCH3 is 2. The Morgan fingerprint density at radius 2 is 1.71 bits per heavy atom. The van der Waals surface area contributed by atoms with Gasteiger partial charge in [-0.3, -0.25) is 0 Å². The molecule has 5 heteroatoms. The third-order valence-electron chi connectivity index (χ3n) is 3.21. The average molecular weight is 291 g/mol. The second-order valence-corrected chi connectivity index (χ2v) is 4.68. The number of hydrogen-bond acceptors (Lipinski definition) is 4. The molecule has 0 unspecified atom stereocenters. The molecule has 112 valence electrons. The molecular weight excluding hydrogens is 273 g/mol. The highest BCUT2D eigenvalue weighted by Crippen LogP contribution is 2.37. The van der Waals surface area contributed by atoms with Gasteiger partial charge in [-0.05, 0) is 35.9 Å². The van der Waals surface area contributed by atoms with Crippen LogP contribution >= 0.6 is 0 Å². The van der Waals surface area contributed by atoms with E-state index in [4.69, 9.17) is 9.47 Å². The van der Waals surface area contributed by atoms with Gasteiger partial charge in [0.25, 0.3) is 0 Å². The van der Waals surface area contributed by atoms with Gasteiger partial charge in [0.2, 0.25) is 5.75 Å². The molecule has 2 aromatic rings. The molecule has 0 spiro atoms. The lowest BCUT2D eigenvalue weighted by Crippen LogP contribution is -2.16. The number of ether oxygens (including phenoxy) is 2. The van der Waals surface area contributed by atoms with E-state index in [9.17, 15) is 9.50 Å². The molecular formula is C16H18FNO3. The summed E-state index contributed by atoms with van der Waals surface area (Å²) in [6, 6.07) is 9.83. The van der Waals surface area contributed by atoms with Crippen molar-refractivity contribution in [2.24, 2.45) is 0 Å². The summed E-state index contributed by atoms with van der Waals surface area (Å²) in [4.78, 5) is 1.90. The molecule has 2 rings (SSSR count). The quantitative estimate of drug-likeness (QED) is 0.918. The number of phenols is 1. The number of hydrogen-bond donors (Lipinski definition) is 1. The molecule has 2 aromatic carbocycles. The van der Waals surface area contributed by atoms with Crippen molar-refractivity contribution in [3.05, 3.63) is 47.8 Å². The largest absolute Gasteiger partial charge is 0.502 e. The van der Waals surface area contributed by atoms with Gasteiger partial charge in [-0.25, -0.2) is 4.39 Å². The Balaban J connectivity index is 2.26. The van der Waals surface area contributed by atoms with Crippen molar-refractivity contribution in [2.45, 2.75) is 6.54 Å². The van der Waals surface area contributed by atoms with E-state index in [-0.39, 0.29) is 11.6 Å². The zero-order chi connectivity index (χ0) is 15.4. The van der Waals surface area contributed by atoms with Crippen molar-refractivity contribution in [3.63, 3.8) is 0 Å². The van der Waals surface area contributed by atoms with Crippen LogP contribution in [0.3, 0.4) is 0 Å². The molecule has 0 aliphatic carbocycles. The fourth-order valence-electron chi connectivity index (χ4n) is 2.12. The van der Waals surface area contributed by atoms with E-state index >= 15 is 0 Å². The molecule has 21 heavy (non-hydrogen) atoms. The van der Waals surface area contributed by atoms with Crippen molar-refractivity contribution < 1.29 is 19.0 Å². The average Bonchev–Trinajstić information content (AvgIpc) is 2.48. The first-order valence-corrected chi connectivity index (χ1v) is 6.45. The van der Waals surface area contributed by atoms with Gasteiger partial charge in [0, 0.05) is 19.3 Å². The molecule has 0 amide bonds. The Kier molecular flexibility index (Phi) is 4.52. The maximum Gasteiger partial charge on any atom is 0.200 e. The fraction of sp³-hybridized carbons (Fsp3) is 0.250. The molecule has 0 aromatic heterocycles. The summed E-state index contributed by atoms with van der Waals surface area (Å²) < 4.78 is 23.5. The summed E-state index contributed by atoms with van der Waals surface area (Å²) >= 11 is 0. The van der Waals surface area contributed by atoms with Crippen LogP contribution in [0.25, 0.3) is 0 Å². The molecule has 0 aliphatic rings. The summed E-state index contributed by atoms with van der Waals surface area (Å²) in [6.45, 7) is 0.524. The molecule has 0 saturated heterocycles. The number of nitrogens with zero attached hydrogens (tertiary/aromatic N) is 1. The van der Waals surface area contributed by atoms with Crippen molar-refractivity contribution >= 4 is 5.69 Å². The standard InChI is InChI=1S/C16H18FNO3/c1-18(13-6-4-5-12(17)9-13)10-11-7-14(20-2)16(19)15(8-11)21-3/h4-9,19H,10H2,1-3H3. The lowest BCUT2D eigenvalue weighted by molar-refractivity contribution is 0.339. The van der Waals surface area contributed by atoms with E-state index in [0.717, 1.165) is 11.3 Å². The maximum atomic E-state index is 13.3. The molecule has 0 bridgehead atoms. The SMILES string of the molecule is COc1cc(CN(C)c2cccc(F)c2)cc(OC)c1O. The molecule has 4 nitrogen and oxygen atoms in total. The minimum absolute atomic E-state index is 0.0304. The summed E-state index contributed by atoms with van der Waals surface area (Å²) in [5.41, 5.74) is 1.65. The van der Waals surface area contributed by atoms with Crippen molar-refractivity contribution in [3.8, 4) is 17.2 Å². The highest BCUT2D eigenvalue weighted by atomic mass is 19.1. The Labute approximate surface area is 123 Å². The molecule has 0 atom stereocenters. The van der Waals surface area contributed by atoms with Crippen LogP contribution in [0.1, 0.15) is 5.56 Å². The lowest BCUT2D eigenvalue weighted by Gasteiger charge is -2.20. The number of halogens is 1. The maximum absolute atomic E-state index is 13.3. The Morgan fingerprint density at radius 3 is 2.24 bits per heavy atom. The summed E-state index contributed by atoms with van der Waals surface area (Å²) in [7, 11) is 4.82. The van der Waals surface area contributed by atoms with Gasteiger partial charge in [0.15, 0.2) is 11.5 Å². The van der Waals surface area contributed by atoms with Gasteiger partial charge >= 0.3 is 0 Å². The van der Waals surface area contributed by atoms with E-state index in [1.807, 2.05) is 18.0 Å². The monoisotopic (exact) mass is 291 g/mol. The third kappa shape index (κ3) is 3.37. The molecule has 0 saturated carbocycles. The normalized spacial score (nSPS) is 10.3. The minimum atomic E-state index is -0.278. The van der Waals surface area contributed by atoms with E-state index in [0.29, 0.717) is 18.0 Å². The summed E-state index contributed by atoms with van der Waals surface area (Å²) in [5.74, 6) is 0.381. The van der Waals surface area contributed by atoms with Crippen LogP contribution in [0.5, 0.6) is 17.2 Å². The minimum Gasteiger partial charge on any atom is -0.502 e. The van der Waals surface area contributed by atoms with Gasteiger partial charge in [0.1, 0.15) is 5.82 Å². The van der Waals surface area contributed by atoms with Crippen LogP contribution in [0.2, 0.25) is 0 Å². The predicted molar refractivity (Wildman–Crippen MR) is 79.7 cm³/mol. The van der Waals surface area contributed by atoms with E-state index in [1.165, 1.54) is 26.4 Å². The van der Waals surface area contributed by atoms with Gasteiger partial charge < -0.3 is 19.5 Å². The van der Waals surface area contributed by atoms with Crippen LogP contribution in [-0.4, -0.2) is 26.4 Å². The fourth-order valence-corrected chi connectivity index (χ4v) is 2.12. The van der Waals surface area contributed by atoms with Gasteiger partial charge in [-0.1, -0.05) is 6.07 Å². The van der Waals surface area contributed by atoms with E-state index < -0.39 is 0 Å². The summed E-state index contributed by atoms with van der Waals surface area (Å²) in [6.07, 6.45) is 0. The number of aromatic hydroxyl groups is 1. The van der Waals surface area contributed by atoms with Crippen LogP contribution in [-0.2, 0) is 6.54 Å². The Bertz CT molecular complexity index is 606. The molecule has 0 aliphatic heterocycles. The zero-order valence-corrected chi connectivity index (χ0v) is 12.3. The summed E-state index contributed by atoms with van der Waals surface area (Å²) in [5, 5.41) is 9.89. The van der Waals surface area contributed by atoms with Crippen LogP contribution in [0, 0.1) is 5.82 Å². The Hall–Kier alpha value is -2.43. The third-order valence-corrected chi connectivity index (χ3v) is 3.21. The molecule has 1 N–H and O–H groups in total. The first-order valence-electron chi connectivity index (χ1n) is 6.45. The molecule has 0 fully saturated rings. The van der Waals surface area contributed by atoms with Crippen LogP contribution in [0.4, 0.5) is 10.1 Å². The number of phenolic OH excluding ortho intramolecular Hbond substituents is 1. The number of rotatable bonds is 5. The second kappa shape index (κ2) is 6.35.